The van der Waals surface area contributed by atoms with Crippen LogP contribution in [-0.2, 0) is 11.0 Å². The van der Waals surface area contributed by atoms with Gasteiger partial charge in [-0.2, -0.15) is 13.2 Å². The predicted molar refractivity (Wildman–Crippen MR) is 57.2 cm³/mol. The van der Waals surface area contributed by atoms with Crippen molar-refractivity contribution in [2.24, 2.45) is 5.92 Å². The second kappa shape index (κ2) is 4.47. The molecule has 2 heterocycles. The molecule has 4 nitrogen and oxygen atoms in total. The van der Waals surface area contributed by atoms with E-state index in [-0.39, 0.29) is 18.2 Å². The number of hydrogen-bond donors (Lipinski definition) is 1. The second-order valence-corrected chi connectivity index (χ2v) is 4.25. The molecule has 18 heavy (non-hydrogen) atoms. The second-order valence-electron chi connectivity index (χ2n) is 4.25. The highest BCUT2D eigenvalue weighted by molar-refractivity contribution is 5.67. The minimum atomic E-state index is -4.46. The van der Waals surface area contributed by atoms with Crippen LogP contribution in [0.25, 0.3) is 0 Å². The van der Waals surface area contributed by atoms with Crippen molar-refractivity contribution in [3.8, 4) is 0 Å². The third-order valence-corrected chi connectivity index (χ3v) is 2.77. The standard InChI is InChI=1S/C11H11F3N2O2/c12-11(13,14)8-2-1-3-9(15-8)16-5-7(6-16)4-10(17)18/h1-3,7H,4-6H2,(H,17,18). The summed E-state index contributed by atoms with van der Waals surface area (Å²) < 4.78 is 37.3. The number of hydrogen-bond acceptors (Lipinski definition) is 3. The first kappa shape index (κ1) is 12.7. The van der Waals surface area contributed by atoms with Crippen molar-refractivity contribution < 1.29 is 23.1 Å². The fourth-order valence-corrected chi connectivity index (χ4v) is 1.89. The molecule has 0 aromatic carbocycles. The Morgan fingerprint density at radius 2 is 2.11 bits per heavy atom. The lowest BCUT2D eigenvalue weighted by Crippen LogP contribution is -2.48. The van der Waals surface area contributed by atoms with Crippen molar-refractivity contribution in [3.63, 3.8) is 0 Å². The van der Waals surface area contributed by atoms with Gasteiger partial charge in [0, 0.05) is 19.0 Å². The quantitative estimate of drug-likeness (QED) is 0.903. The Labute approximate surface area is 101 Å². The van der Waals surface area contributed by atoms with E-state index >= 15 is 0 Å². The van der Waals surface area contributed by atoms with E-state index in [1.807, 2.05) is 0 Å². The van der Waals surface area contributed by atoms with Gasteiger partial charge in [-0.3, -0.25) is 4.79 Å². The molecule has 0 saturated carbocycles. The fraction of sp³-hybridized carbons (Fsp3) is 0.455. The van der Waals surface area contributed by atoms with Crippen molar-refractivity contribution in [1.29, 1.82) is 0 Å². The number of aromatic nitrogens is 1. The number of anilines is 1. The molecule has 0 unspecified atom stereocenters. The molecule has 1 saturated heterocycles. The zero-order valence-electron chi connectivity index (χ0n) is 9.31. The first-order chi connectivity index (χ1) is 8.36. The number of alkyl halides is 3. The van der Waals surface area contributed by atoms with E-state index in [1.165, 1.54) is 12.1 Å². The Hall–Kier alpha value is -1.79. The highest BCUT2D eigenvalue weighted by Gasteiger charge is 2.34. The van der Waals surface area contributed by atoms with Crippen molar-refractivity contribution in [2.75, 3.05) is 18.0 Å². The molecule has 2 rings (SSSR count). The average Bonchev–Trinajstić information content (AvgIpc) is 2.21. The number of carbonyl (C=O) groups is 1. The SMILES string of the molecule is O=C(O)CC1CN(c2cccc(C(F)(F)F)n2)C1. The summed E-state index contributed by atoms with van der Waals surface area (Å²) in [7, 11) is 0. The first-order valence-electron chi connectivity index (χ1n) is 5.37. The Bertz CT molecular complexity index is 456. The molecule has 1 aliphatic heterocycles. The van der Waals surface area contributed by atoms with Gasteiger partial charge in [-0.25, -0.2) is 4.98 Å². The number of aliphatic carboxylic acids is 1. The minimum absolute atomic E-state index is 0.0150. The number of nitrogens with zero attached hydrogens (tertiary/aromatic N) is 2. The molecule has 1 N–H and O–H groups in total. The van der Waals surface area contributed by atoms with Crippen LogP contribution in [0.5, 0.6) is 0 Å². The summed E-state index contributed by atoms with van der Waals surface area (Å²) in [5.41, 5.74) is -0.929. The van der Waals surface area contributed by atoms with Crippen LogP contribution in [0.3, 0.4) is 0 Å². The van der Waals surface area contributed by atoms with Crippen LogP contribution in [0.4, 0.5) is 19.0 Å². The molecular formula is C11H11F3N2O2. The molecule has 0 spiro atoms. The maximum atomic E-state index is 12.4. The van der Waals surface area contributed by atoms with Crippen LogP contribution in [0, 0.1) is 5.92 Å². The maximum absolute atomic E-state index is 12.4. The lowest BCUT2D eigenvalue weighted by Gasteiger charge is -2.39. The van der Waals surface area contributed by atoms with Crippen LogP contribution in [-0.4, -0.2) is 29.1 Å². The van der Waals surface area contributed by atoms with Crippen LogP contribution in [0.2, 0.25) is 0 Å². The van der Waals surface area contributed by atoms with E-state index in [9.17, 15) is 18.0 Å². The molecule has 0 atom stereocenters. The molecule has 0 amide bonds. The van der Waals surface area contributed by atoms with Crippen molar-refractivity contribution in [1.82, 2.24) is 4.98 Å². The zero-order chi connectivity index (χ0) is 13.3. The normalized spacial score (nSPS) is 16.5. The van der Waals surface area contributed by atoms with Crippen molar-refractivity contribution >= 4 is 11.8 Å². The smallest absolute Gasteiger partial charge is 0.433 e. The zero-order valence-corrected chi connectivity index (χ0v) is 9.31. The number of halogens is 3. The predicted octanol–water partition coefficient (Wildman–Crippen LogP) is 2.01. The van der Waals surface area contributed by atoms with E-state index in [0.717, 1.165) is 6.07 Å². The highest BCUT2D eigenvalue weighted by Crippen LogP contribution is 2.31. The fourth-order valence-electron chi connectivity index (χ4n) is 1.89. The maximum Gasteiger partial charge on any atom is 0.433 e. The van der Waals surface area contributed by atoms with Gasteiger partial charge in [0.25, 0.3) is 0 Å². The van der Waals surface area contributed by atoms with Crippen molar-refractivity contribution in [3.05, 3.63) is 23.9 Å². The molecule has 1 aromatic heterocycles. The monoisotopic (exact) mass is 260 g/mol. The molecule has 1 aliphatic rings. The van der Waals surface area contributed by atoms with Gasteiger partial charge in [0.05, 0.1) is 6.42 Å². The Kier molecular flexibility index (Phi) is 3.14. The van der Waals surface area contributed by atoms with E-state index < -0.39 is 17.8 Å². The lowest BCUT2D eigenvalue weighted by atomic mass is 9.96. The first-order valence-corrected chi connectivity index (χ1v) is 5.37. The van der Waals surface area contributed by atoms with Gasteiger partial charge in [0.2, 0.25) is 0 Å². The third-order valence-electron chi connectivity index (χ3n) is 2.77. The molecule has 1 aromatic rings. The third kappa shape index (κ3) is 2.72. The van der Waals surface area contributed by atoms with Gasteiger partial charge >= 0.3 is 12.1 Å². The largest absolute Gasteiger partial charge is 0.481 e. The Balaban J connectivity index is 2.02. The van der Waals surface area contributed by atoms with Gasteiger partial charge in [-0.15, -0.1) is 0 Å². The van der Waals surface area contributed by atoms with E-state index in [1.54, 1.807) is 4.90 Å². The summed E-state index contributed by atoms with van der Waals surface area (Å²) in [6, 6.07) is 3.71. The van der Waals surface area contributed by atoms with Crippen LogP contribution in [0.1, 0.15) is 12.1 Å². The number of carboxylic acids is 1. The summed E-state index contributed by atoms with van der Waals surface area (Å²) in [5.74, 6) is -0.665. The van der Waals surface area contributed by atoms with Gasteiger partial charge in [-0.1, -0.05) is 6.07 Å². The number of carboxylic acid groups (broad SMARTS) is 1. The molecule has 0 aliphatic carbocycles. The molecule has 7 heteroatoms. The molecule has 98 valence electrons. The van der Waals surface area contributed by atoms with Gasteiger partial charge in [0.1, 0.15) is 11.5 Å². The lowest BCUT2D eigenvalue weighted by molar-refractivity contribution is -0.141. The molecule has 0 radical (unpaired) electrons. The van der Waals surface area contributed by atoms with E-state index in [2.05, 4.69) is 4.98 Å². The summed E-state index contributed by atoms with van der Waals surface area (Å²) in [6.45, 7) is 0.862. The van der Waals surface area contributed by atoms with Gasteiger partial charge in [0.15, 0.2) is 0 Å². The molecule has 1 fully saturated rings. The molecular weight excluding hydrogens is 249 g/mol. The highest BCUT2D eigenvalue weighted by atomic mass is 19.4. The Morgan fingerprint density at radius 3 is 2.67 bits per heavy atom. The van der Waals surface area contributed by atoms with E-state index in [4.69, 9.17) is 5.11 Å². The number of pyridine rings is 1. The topological polar surface area (TPSA) is 53.4 Å². The van der Waals surface area contributed by atoms with Crippen molar-refractivity contribution in [2.45, 2.75) is 12.6 Å². The van der Waals surface area contributed by atoms with Gasteiger partial charge in [-0.05, 0) is 12.1 Å². The van der Waals surface area contributed by atoms with Crippen LogP contribution < -0.4 is 4.90 Å². The minimum Gasteiger partial charge on any atom is -0.481 e. The van der Waals surface area contributed by atoms with E-state index in [0.29, 0.717) is 13.1 Å². The summed E-state index contributed by atoms with van der Waals surface area (Å²) in [6.07, 6.45) is -4.42. The summed E-state index contributed by atoms with van der Waals surface area (Å²) in [4.78, 5) is 15.6. The van der Waals surface area contributed by atoms with Gasteiger partial charge < -0.3 is 10.0 Å². The van der Waals surface area contributed by atoms with Crippen LogP contribution in [0.15, 0.2) is 18.2 Å². The summed E-state index contributed by atoms with van der Waals surface area (Å²) in [5, 5.41) is 8.57. The summed E-state index contributed by atoms with van der Waals surface area (Å²) >= 11 is 0. The molecule has 0 bridgehead atoms. The Morgan fingerprint density at radius 1 is 1.44 bits per heavy atom. The average molecular weight is 260 g/mol. The van der Waals surface area contributed by atoms with Crippen LogP contribution >= 0.6 is 0 Å². The number of rotatable bonds is 3.